The quantitative estimate of drug-likeness (QED) is 0.605. The zero-order valence-corrected chi connectivity index (χ0v) is 8.67. The van der Waals surface area contributed by atoms with E-state index in [1.807, 2.05) is 0 Å². The lowest BCUT2D eigenvalue weighted by Crippen LogP contribution is -2.32. The molecule has 0 saturated carbocycles. The predicted octanol–water partition coefficient (Wildman–Crippen LogP) is 2.23. The van der Waals surface area contributed by atoms with Crippen molar-refractivity contribution in [3.05, 3.63) is 4.91 Å². The molecular formula is C8H18NO3+. The molecule has 0 spiro atoms. The van der Waals surface area contributed by atoms with Crippen LogP contribution >= 0.6 is 0 Å². The summed E-state index contributed by atoms with van der Waals surface area (Å²) in [5.41, 5.74) is -1.04. The average Bonchev–Trinajstić information content (AvgIpc) is 1.49. The van der Waals surface area contributed by atoms with Gasteiger partial charge in [0.05, 0.1) is 0 Å². The van der Waals surface area contributed by atoms with Crippen LogP contribution in [-0.4, -0.2) is 16.3 Å². The van der Waals surface area contributed by atoms with E-state index in [0.29, 0.717) is 0 Å². The van der Waals surface area contributed by atoms with E-state index in [1.54, 1.807) is 41.5 Å². The fourth-order valence-electron chi connectivity index (χ4n) is 0.466. The SMILES string of the molecule is CC(C)(C)O[N+](=O)OC(C)(C)C. The maximum absolute atomic E-state index is 10.9. The Morgan fingerprint density at radius 1 is 0.833 bits per heavy atom. The summed E-state index contributed by atoms with van der Waals surface area (Å²) in [6, 6.07) is 0. The molecule has 72 valence electrons. The Kier molecular flexibility index (Phi) is 3.07. The van der Waals surface area contributed by atoms with Crippen LogP contribution in [0.4, 0.5) is 0 Å². The van der Waals surface area contributed by atoms with E-state index in [1.165, 1.54) is 0 Å². The molecule has 0 fully saturated rings. The molecule has 0 heterocycles. The third-order valence-electron chi connectivity index (χ3n) is 0.697. The van der Waals surface area contributed by atoms with Crippen molar-refractivity contribution < 1.29 is 14.8 Å². The Morgan fingerprint density at radius 2 is 1.08 bits per heavy atom. The third kappa shape index (κ3) is 7.31. The Hall–Kier alpha value is -0.800. The van der Waals surface area contributed by atoms with E-state index in [0.717, 1.165) is 0 Å². The molecule has 0 N–H and O–H groups in total. The van der Waals surface area contributed by atoms with Crippen LogP contribution in [0.2, 0.25) is 0 Å². The second kappa shape index (κ2) is 3.29. The lowest BCUT2D eigenvalue weighted by molar-refractivity contribution is -1.00. The number of hydrogen-bond acceptors (Lipinski definition) is 3. The second-order valence-electron chi connectivity index (χ2n) is 4.63. The lowest BCUT2D eigenvalue weighted by Gasteiger charge is -2.13. The molecule has 12 heavy (non-hydrogen) atoms. The van der Waals surface area contributed by atoms with Gasteiger partial charge in [0.15, 0.2) is 11.2 Å². The van der Waals surface area contributed by atoms with E-state index in [4.69, 9.17) is 9.68 Å². The smallest absolute Gasteiger partial charge is 0.181 e. The molecule has 0 aliphatic carbocycles. The van der Waals surface area contributed by atoms with Crippen LogP contribution in [0.5, 0.6) is 0 Å². The van der Waals surface area contributed by atoms with Crippen LogP contribution in [0, 0.1) is 4.91 Å². The van der Waals surface area contributed by atoms with E-state index in [9.17, 15) is 4.91 Å². The van der Waals surface area contributed by atoms with Crippen molar-refractivity contribution in [1.29, 1.82) is 0 Å². The molecule has 0 aromatic carbocycles. The number of nitrogens with zero attached hydrogens (tertiary/aromatic N) is 1. The van der Waals surface area contributed by atoms with Gasteiger partial charge in [-0.1, -0.05) is 0 Å². The average molecular weight is 176 g/mol. The largest absolute Gasteiger partial charge is 0.478 e. The first kappa shape index (κ1) is 11.2. The maximum Gasteiger partial charge on any atom is 0.478 e. The summed E-state index contributed by atoms with van der Waals surface area (Å²) in [5.74, 6) is 0. The highest BCUT2D eigenvalue weighted by Gasteiger charge is 2.30. The van der Waals surface area contributed by atoms with Gasteiger partial charge in [0.25, 0.3) is 0 Å². The second-order valence-corrected chi connectivity index (χ2v) is 4.63. The zero-order chi connectivity index (χ0) is 9.99. The number of hydrogen-bond donors (Lipinski definition) is 0. The van der Waals surface area contributed by atoms with Crippen LogP contribution in [0.25, 0.3) is 0 Å². The van der Waals surface area contributed by atoms with Gasteiger partial charge in [-0.3, -0.25) is 0 Å². The van der Waals surface area contributed by atoms with Crippen molar-refractivity contribution in [1.82, 2.24) is 0 Å². The van der Waals surface area contributed by atoms with E-state index < -0.39 is 11.2 Å². The zero-order valence-electron chi connectivity index (χ0n) is 8.67. The van der Waals surface area contributed by atoms with Crippen LogP contribution in [0.3, 0.4) is 0 Å². The van der Waals surface area contributed by atoms with Crippen molar-refractivity contribution in [3.8, 4) is 0 Å². The fraction of sp³-hybridized carbons (Fsp3) is 1.00. The van der Waals surface area contributed by atoms with Gasteiger partial charge in [-0.05, 0) is 41.5 Å². The molecule has 4 nitrogen and oxygen atoms in total. The van der Waals surface area contributed by atoms with Gasteiger partial charge < -0.3 is 0 Å². The van der Waals surface area contributed by atoms with Crippen molar-refractivity contribution in [3.63, 3.8) is 0 Å². The van der Waals surface area contributed by atoms with Gasteiger partial charge in [0, 0.05) is 0 Å². The molecule has 0 rings (SSSR count). The van der Waals surface area contributed by atoms with Gasteiger partial charge >= 0.3 is 5.09 Å². The molecule has 0 amide bonds. The van der Waals surface area contributed by atoms with Crippen molar-refractivity contribution in [2.75, 3.05) is 0 Å². The van der Waals surface area contributed by atoms with Gasteiger partial charge in [0.1, 0.15) is 4.91 Å². The molecular weight excluding hydrogens is 158 g/mol. The molecule has 0 aromatic heterocycles. The lowest BCUT2D eigenvalue weighted by atomic mass is 10.2. The highest BCUT2D eigenvalue weighted by Crippen LogP contribution is 2.12. The first-order valence-corrected chi connectivity index (χ1v) is 3.96. The Labute approximate surface area is 73.3 Å². The Balaban J connectivity index is 3.92. The van der Waals surface area contributed by atoms with Gasteiger partial charge in [0.2, 0.25) is 0 Å². The molecule has 0 aliphatic heterocycles. The summed E-state index contributed by atoms with van der Waals surface area (Å²) in [6.45, 7) is 10.7. The summed E-state index contributed by atoms with van der Waals surface area (Å²) in [4.78, 5) is 20.7. The number of rotatable bonds is 2. The topological polar surface area (TPSA) is 38.5 Å². The van der Waals surface area contributed by atoms with Gasteiger partial charge in [-0.25, -0.2) is 0 Å². The third-order valence-corrected chi connectivity index (χ3v) is 0.697. The highest BCUT2D eigenvalue weighted by molar-refractivity contribution is 4.55. The minimum absolute atomic E-state index is 0.167. The molecule has 4 heteroatoms. The van der Waals surface area contributed by atoms with Crippen molar-refractivity contribution in [2.24, 2.45) is 0 Å². The maximum atomic E-state index is 10.9. The molecule has 0 aliphatic rings. The fourth-order valence-corrected chi connectivity index (χ4v) is 0.466. The summed E-state index contributed by atoms with van der Waals surface area (Å²) in [7, 11) is 0. The molecule has 0 saturated heterocycles. The predicted molar refractivity (Wildman–Crippen MR) is 45.3 cm³/mol. The normalized spacial score (nSPS) is 12.5. The van der Waals surface area contributed by atoms with Gasteiger partial charge in [-0.2, -0.15) is 9.68 Å². The van der Waals surface area contributed by atoms with E-state index in [-0.39, 0.29) is 5.09 Å². The summed E-state index contributed by atoms with van der Waals surface area (Å²) in [5, 5.41) is 0.167. The van der Waals surface area contributed by atoms with E-state index >= 15 is 0 Å². The molecule has 0 unspecified atom stereocenters. The van der Waals surface area contributed by atoms with Crippen LogP contribution < -0.4 is 0 Å². The van der Waals surface area contributed by atoms with Crippen LogP contribution in [-0.2, 0) is 9.68 Å². The summed E-state index contributed by atoms with van der Waals surface area (Å²) < 4.78 is 0. The van der Waals surface area contributed by atoms with Crippen LogP contribution in [0.1, 0.15) is 41.5 Å². The highest BCUT2D eigenvalue weighted by atomic mass is 17.0. The first-order chi connectivity index (χ1) is 5.10. The molecule has 0 bridgehead atoms. The molecule has 0 aromatic rings. The summed E-state index contributed by atoms with van der Waals surface area (Å²) >= 11 is 0. The van der Waals surface area contributed by atoms with Crippen molar-refractivity contribution >= 4 is 0 Å². The van der Waals surface area contributed by atoms with E-state index in [2.05, 4.69) is 0 Å². The summed E-state index contributed by atoms with van der Waals surface area (Å²) in [6.07, 6.45) is 0. The molecule has 0 radical (unpaired) electrons. The van der Waals surface area contributed by atoms with Crippen LogP contribution in [0.15, 0.2) is 0 Å². The minimum Gasteiger partial charge on any atom is -0.181 e. The Morgan fingerprint density at radius 3 is 1.25 bits per heavy atom. The van der Waals surface area contributed by atoms with Gasteiger partial charge in [-0.15, -0.1) is 0 Å². The minimum atomic E-state index is -0.521. The first-order valence-electron chi connectivity index (χ1n) is 3.96. The Bertz CT molecular complexity index is 146. The monoisotopic (exact) mass is 176 g/mol. The standard InChI is InChI=1S/C8H18NO3/c1-7(2,3)11-9(10)12-8(4,5)6/h1-6H3/q+1. The molecule has 0 atom stereocenters. The van der Waals surface area contributed by atoms with Crippen molar-refractivity contribution in [2.45, 2.75) is 52.7 Å².